The van der Waals surface area contributed by atoms with E-state index in [0.29, 0.717) is 38.6 Å². The van der Waals surface area contributed by atoms with Crippen LogP contribution < -0.4 is 10.2 Å². The SMILES string of the molecule is O=C(/C=C/c1ccc(N2CCCC2=O)cc1)N1CCN(C(=O)NC2CCCCC2)CC1. The molecule has 3 fully saturated rings. The second-order valence-corrected chi connectivity index (χ2v) is 8.67. The van der Waals surface area contributed by atoms with Crippen molar-refractivity contribution < 1.29 is 14.4 Å². The zero-order chi connectivity index (χ0) is 21.6. The monoisotopic (exact) mass is 424 g/mol. The van der Waals surface area contributed by atoms with Crippen LogP contribution in [-0.4, -0.2) is 66.4 Å². The maximum Gasteiger partial charge on any atom is 0.317 e. The quantitative estimate of drug-likeness (QED) is 0.755. The number of rotatable bonds is 4. The van der Waals surface area contributed by atoms with Crippen LogP contribution in [0.1, 0.15) is 50.5 Å². The summed E-state index contributed by atoms with van der Waals surface area (Å²) in [7, 11) is 0. The number of nitrogens with one attached hydrogen (secondary N) is 1. The highest BCUT2D eigenvalue weighted by molar-refractivity contribution is 5.95. The van der Waals surface area contributed by atoms with Crippen LogP contribution in [0.3, 0.4) is 0 Å². The number of carbonyl (C=O) groups is 3. The standard InChI is InChI=1S/C24H32N4O3/c29-22(13-10-19-8-11-21(12-9-19)28-14-4-7-23(28)30)26-15-17-27(18-16-26)24(31)25-20-5-2-1-3-6-20/h8-13,20H,1-7,14-18H2,(H,25,31)/b13-10+. The van der Waals surface area contributed by atoms with Gasteiger partial charge in [0.1, 0.15) is 0 Å². The van der Waals surface area contributed by atoms with Crippen molar-refractivity contribution in [3.8, 4) is 0 Å². The number of hydrogen-bond acceptors (Lipinski definition) is 3. The van der Waals surface area contributed by atoms with Crippen LogP contribution in [0, 0.1) is 0 Å². The van der Waals surface area contributed by atoms with Gasteiger partial charge in [0.15, 0.2) is 0 Å². The predicted molar refractivity (Wildman–Crippen MR) is 121 cm³/mol. The Labute approximate surface area is 184 Å². The van der Waals surface area contributed by atoms with Crippen molar-refractivity contribution in [1.29, 1.82) is 0 Å². The third-order valence-electron chi connectivity index (χ3n) is 6.51. The number of benzene rings is 1. The van der Waals surface area contributed by atoms with E-state index in [9.17, 15) is 14.4 Å². The van der Waals surface area contributed by atoms with E-state index in [1.165, 1.54) is 19.3 Å². The van der Waals surface area contributed by atoms with Gasteiger partial charge in [-0.3, -0.25) is 9.59 Å². The summed E-state index contributed by atoms with van der Waals surface area (Å²) >= 11 is 0. The van der Waals surface area contributed by atoms with Crippen LogP contribution in [-0.2, 0) is 9.59 Å². The molecular formula is C24H32N4O3. The number of amides is 4. The summed E-state index contributed by atoms with van der Waals surface area (Å²) in [6, 6.07) is 8.02. The molecule has 0 bridgehead atoms. The molecule has 2 heterocycles. The molecule has 7 heteroatoms. The van der Waals surface area contributed by atoms with Crippen molar-refractivity contribution in [2.24, 2.45) is 0 Å². The fourth-order valence-electron chi connectivity index (χ4n) is 4.60. The lowest BCUT2D eigenvalue weighted by atomic mass is 9.96. The summed E-state index contributed by atoms with van der Waals surface area (Å²) < 4.78 is 0. The molecule has 7 nitrogen and oxygen atoms in total. The molecule has 0 spiro atoms. The number of carbonyl (C=O) groups excluding carboxylic acids is 3. The minimum Gasteiger partial charge on any atom is -0.336 e. The third-order valence-corrected chi connectivity index (χ3v) is 6.51. The van der Waals surface area contributed by atoms with Crippen molar-refractivity contribution in [2.75, 3.05) is 37.6 Å². The number of anilines is 1. The highest BCUT2D eigenvalue weighted by atomic mass is 16.2. The van der Waals surface area contributed by atoms with Crippen molar-refractivity contribution >= 4 is 29.6 Å². The number of piperazine rings is 1. The van der Waals surface area contributed by atoms with Crippen LogP contribution in [0.2, 0.25) is 0 Å². The first kappa shape index (κ1) is 21.4. The Bertz CT molecular complexity index is 822. The molecule has 4 amide bonds. The molecule has 1 N–H and O–H groups in total. The summed E-state index contributed by atoms with van der Waals surface area (Å²) in [5, 5.41) is 3.15. The van der Waals surface area contributed by atoms with Gasteiger partial charge in [-0.15, -0.1) is 0 Å². The molecule has 1 saturated carbocycles. The Kier molecular flexibility index (Phi) is 6.89. The number of urea groups is 1. The van der Waals surface area contributed by atoms with Crippen molar-refractivity contribution in [1.82, 2.24) is 15.1 Å². The van der Waals surface area contributed by atoms with Crippen LogP contribution in [0.5, 0.6) is 0 Å². The average molecular weight is 425 g/mol. The summed E-state index contributed by atoms with van der Waals surface area (Å²) in [5.41, 5.74) is 1.84. The first-order chi connectivity index (χ1) is 15.1. The first-order valence-electron chi connectivity index (χ1n) is 11.5. The second kappa shape index (κ2) is 9.98. The first-order valence-corrected chi connectivity index (χ1v) is 11.5. The highest BCUT2D eigenvalue weighted by Gasteiger charge is 2.25. The van der Waals surface area contributed by atoms with Crippen LogP contribution in [0.25, 0.3) is 6.08 Å². The molecule has 0 atom stereocenters. The molecule has 0 unspecified atom stereocenters. The summed E-state index contributed by atoms with van der Waals surface area (Å²) in [6.07, 6.45) is 10.7. The van der Waals surface area contributed by atoms with Gasteiger partial charge in [0.2, 0.25) is 11.8 Å². The zero-order valence-corrected chi connectivity index (χ0v) is 18.1. The predicted octanol–water partition coefficient (Wildman–Crippen LogP) is 3.01. The van der Waals surface area contributed by atoms with Crippen LogP contribution in [0.15, 0.2) is 30.3 Å². The molecule has 1 aromatic rings. The molecule has 1 aliphatic carbocycles. The molecule has 2 saturated heterocycles. The maximum absolute atomic E-state index is 12.6. The van der Waals surface area contributed by atoms with Gasteiger partial charge >= 0.3 is 6.03 Å². The Hall–Kier alpha value is -2.83. The fourth-order valence-corrected chi connectivity index (χ4v) is 4.60. The minimum atomic E-state index is -0.0360. The van der Waals surface area contributed by atoms with Gasteiger partial charge in [0.05, 0.1) is 0 Å². The lowest BCUT2D eigenvalue weighted by Crippen LogP contribution is -2.54. The lowest BCUT2D eigenvalue weighted by molar-refractivity contribution is -0.127. The average Bonchev–Trinajstić information content (AvgIpc) is 3.24. The Morgan fingerprint density at radius 1 is 0.871 bits per heavy atom. The fraction of sp³-hybridized carbons (Fsp3) is 0.542. The Balaban J connectivity index is 1.23. The summed E-state index contributed by atoms with van der Waals surface area (Å²) in [5.74, 6) is 0.135. The van der Waals surface area contributed by atoms with Crippen molar-refractivity contribution in [2.45, 2.75) is 51.0 Å². The van der Waals surface area contributed by atoms with E-state index in [4.69, 9.17) is 0 Å². The van der Waals surface area contributed by atoms with Gasteiger partial charge < -0.3 is 20.0 Å². The molecule has 0 radical (unpaired) electrons. The van der Waals surface area contributed by atoms with Crippen LogP contribution in [0.4, 0.5) is 10.5 Å². The van der Waals surface area contributed by atoms with E-state index in [-0.39, 0.29) is 17.8 Å². The van der Waals surface area contributed by atoms with Crippen molar-refractivity contribution in [3.05, 3.63) is 35.9 Å². The summed E-state index contributed by atoms with van der Waals surface area (Å²) in [6.45, 7) is 3.01. The van der Waals surface area contributed by atoms with Gasteiger partial charge in [-0.2, -0.15) is 0 Å². The molecule has 3 aliphatic rings. The maximum atomic E-state index is 12.6. The van der Waals surface area contributed by atoms with E-state index in [2.05, 4.69) is 5.32 Å². The largest absolute Gasteiger partial charge is 0.336 e. The van der Waals surface area contributed by atoms with E-state index in [0.717, 1.165) is 37.1 Å². The molecule has 166 valence electrons. The molecule has 2 aliphatic heterocycles. The third kappa shape index (κ3) is 5.46. The van der Waals surface area contributed by atoms with E-state index in [1.54, 1.807) is 17.1 Å². The zero-order valence-electron chi connectivity index (χ0n) is 18.1. The van der Waals surface area contributed by atoms with Gasteiger partial charge in [0, 0.05) is 56.9 Å². The van der Waals surface area contributed by atoms with E-state index >= 15 is 0 Å². The highest BCUT2D eigenvalue weighted by Crippen LogP contribution is 2.22. The van der Waals surface area contributed by atoms with Gasteiger partial charge in [0.25, 0.3) is 0 Å². The van der Waals surface area contributed by atoms with Crippen LogP contribution >= 0.6 is 0 Å². The molecule has 31 heavy (non-hydrogen) atoms. The Morgan fingerprint density at radius 2 is 1.55 bits per heavy atom. The lowest BCUT2D eigenvalue weighted by Gasteiger charge is -2.35. The molecule has 4 rings (SSSR count). The second-order valence-electron chi connectivity index (χ2n) is 8.67. The van der Waals surface area contributed by atoms with E-state index < -0.39 is 0 Å². The topological polar surface area (TPSA) is 73.0 Å². The molecule has 1 aromatic carbocycles. The molecule has 0 aromatic heterocycles. The van der Waals surface area contributed by atoms with Crippen molar-refractivity contribution in [3.63, 3.8) is 0 Å². The number of hydrogen-bond donors (Lipinski definition) is 1. The number of nitrogens with zero attached hydrogens (tertiary/aromatic N) is 3. The molecular weight excluding hydrogens is 392 g/mol. The van der Waals surface area contributed by atoms with Gasteiger partial charge in [-0.1, -0.05) is 31.4 Å². The van der Waals surface area contributed by atoms with E-state index in [1.807, 2.05) is 34.1 Å². The Morgan fingerprint density at radius 3 is 2.19 bits per heavy atom. The normalized spacial score (nSPS) is 20.5. The summed E-state index contributed by atoms with van der Waals surface area (Å²) in [4.78, 5) is 42.3. The van der Waals surface area contributed by atoms with Gasteiger partial charge in [-0.25, -0.2) is 4.79 Å². The minimum absolute atomic E-state index is 0.00566. The smallest absolute Gasteiger partial charge is 0.317 e. The van der Waals surface area contributed by atoms with Gasteiger partial charge in [-0.05, 0) is 43.0 Å².